The molecule has 0 radical (unpaired) electrons. The van der Waals surface area contributed by atoms with Gasteiger partial charge < -0.3 is 14.9 Å². The van der Waals surface area contributed by atoms with E-state index in [-0.39, 0.29) is 13.0 Å². The van der Waals surface area contributed by atoms with Gasteiger partial charge in [-0.25, -0.2) is 0 Å². The molecule has 64 valence electrons. The van der Waals surface area contributed by atoms with Crippen LogP contribution in [0.3, 0.4) is 0 Å². The Kier molecular flexibility index (Phi) is 2.15. The number of hydrogen-bond acceptors (Lipinski definition) is 4. The van der Waals surface area contributed by atoms with Crippen LogP contribution >= 0.6 is 0 Å². The van der Waals surface area contributed by atoms with Crippen molar-refractivity contribution in [1.29, 1.82) is 0 Å². The molecule has 1 rings (SSSR count). The maximum Gasteiger partial charge on any atom is 0.309 e. The average Bonchev–Trinajstić information content (AvgIpc) is 2.27. The van der Waals surface area contributed by atoms with Crippen molar-refractivity contribution in [3.05, 3.63) is 0 Å². The highest BCUT2D eigenvalue weighted by atomic mass is 16.6. The first kappa shape index (κ1) is 8.49. The van der Waals surface area contributed by atoms with Gasteiger partial charge in [-0.15, -0.1) is 0 Å². The van der Waals surface area contributed by atoms with Crippen LogP contribution in [0.25, 0.3) is 0 Å². The van der Waals surface area contributed by atoms with Crippen molar-refractivity contribution in [3.8, 4) is 0 Å². The Labute approximate surface area is 64.8 Å². The normalized spacial score (nSPS) is 37.4. The first-order valence-electron chi connectivity index (χ1n) is 3.65. The van der Waals surface area contributed by atoms with Crippen molar-refractivity contribution in [2.24, 2.45) is 0 Å². The molecule has 2 N–H and O–H groups in total. The lowest BCUT2D eigenvalue weighted by Crippen LogP contribution is -2.39. The standard InChI is InChI=1S/C7H12O4/c1-2-7(10)3-6(9)11-5(7)4-8/h5,8,10H,2-4H2,1H3/t5-,7?/m1/s1. The summed E-state index contributed by atoms with van der Waals surface area (Å²) < 4.78 is 4.68. The van der Waals surface area contributed by atoms with E-state index in [2.05, 4.69) is 4.74 Å². The molecule has 11 heavy (non-hydrogen) atoms. The van der Waals surface area contributed by atoms with E-state index in [1.165, 1.54) is 0 Å². The summed E-state index contributed by atoms with van der Waals surface area (Å²) in [6, 6.07) is 0. The summed E-state index contributed by atoms with van der Waals surface area (Å²) in [5.74, 6) is -0.437. The molecule has 0 aromatic rings. The fourth-order valence-corrected chi connectivity index (χ4v) is 1.23. The van der Waals surface area contributed by atoms with Gasteiger partial charge in [-0.1, -0.05) is 6.92 Å². The number of carbonyl (C=O) groups is 1. The van der Waals surface area contributed by atoms with E-state index >= 15 is 0 Å². The topological polar surface area (TPSA) is 66.8 Å². The Morgan fingerprint density at radius 1 is 1.82 bits per heavy atom. The fraction of sp³-hybridized carbons (Fsp3) is 0.857. The van der Waals surface area contributed by atoms with Gasteiger partial charge in [0.2, 0.25) is 0 Å². The van der Waals surface area contributed by atoms with E-state index in [1.807, 2.05) is 0 Å². The van der Waals surface area contributed by atoms with Gasteiger partial charge in [-0.3, -0.25) is 4.79 Å². The van der Waals surface area contributed by atoms with Crippen LogP contribution < -0.4 is 0 Å². The quantitative estimate of drug-likeness (QED) is 0.531. The van der Waals surface area contributed by atoms with Crippen LogP contribution in [0.5, 0.6) is 0 Å². The summed E-state index contributed by atoms with van der Waals surface area (Å²) in [6.45, 7) is 1.45. The largest absolute Gasteiger partial charge is 0.457 e. The molecule has 0 aliphatic carbocycles. The number of esters is 1. The van der Waals surface area contributed by atoms with E-state index in [4.69, 9.17) is 5.11 Å². The van der Waals surface area contributed by atoms with Gasteiger partial charge in [-0.2, -0.15) is 0 Å². The van der Waals surface area contributed by atoms with E-state index in [0.717, 1.165) is 0 Å². The highest BCUT2D eigenvalue weighted by molar-refractivity contribution is 5.73. The molecule has 0 amide bonds. The molecular weight excluding hydrogens is 148 g/mol. The smallest absolute Gasteiger partial charge is 0.309 e. The molecule has 0 aromatic heterocycles. The van der Waals surface area contributed by atoms with Crippen LogP contribution in [0.2, 0.25) is 0 Å². The molecular formula is C7H12O4. The lowest BCUT2D eigenvalue weighted by Gasteiger charge is -2.23. The van der Waals surface area contributed by atoms with Crippen LogP contribution in [-0.2, 0) is 9.53 Å². The second-order valence-electron chi connectivity index (χ2n) is 2.79. The van der Waals surface area contributed by atoms with Gasteiger partial charge in [0.1, 0.15) is 5.60 Å². The van der Waals surface area contributed by atoms with Crippen molar-refractivity contribution in [3.63, 3.8) is 0 Å². The Bertz CT molecular complexity index is 168. The fourth-order valence-electron chi connectivity index (χ4n) is 1.23. The summed E-state index contributed by atoms with van der Waals surface area (Å²) >= 11 is 0. The Morgan fingerprint density at radius 3 is 2.82 bits per heavy atom. The third-order valence-electron chi connectivity index (χ3n) is 2.10. The van der Waals surface area contributed by atoms with Gasteiger partial charge >= 0.3 is 5.97 Å². The minimum Gasteiger partial charge on any atom is -0.457 e. The molecule has 1 heterocycles. The number of carbonyl (C=O) groups excluding carboxylic acids is 1. The predicted octanol–water partition coefficient (Wildman–Crippen LogP) is -0.565. The molecule has 1 saturated heterocycles. The molecule has 2 atom stereocenters. The van der Waals surface area contributed by atoms with E-state index in [9.17, 15) is 9.90 Å². The number of aliphatic hydroxyl groups is 2. The Balaban J connectivity index is 2.71. The maximum atomic E-state index is 10.7. The molecule has 0 spiro atoms. The zero-order valence-electron chi connectivity index (χ0n) is 6.41. The summed E-state index contributed by atoms with van der Waals surface area (Å²) in [4.78, 5) is 10.7. The van der Waals surface area contributed by atoms with E-state index < -0.39 is 17.7 Å². The molecule has 1 fully saturated rings. The first-order chi connectivity index (χ1) is 5.12. The first-order valence-corrected chi connectivity index (χ1v) is 3.65. The van der Waals surface area contributed by atoms with E-state index in [0.29, 0.717) is 6.42 Å². The minimum atomic E-state index is -1.15. The van der Waals surface area contributed by atoms with Crippen LogP contribution in [0.15, 0.2) is 0 Å². The third kappa shape index (κ3) is 1.36. The lowest BCUT2D eigenvalue weighted by molar-refractivity contribution is -0.144. The van der Waals surface area contributed by atoms with Crippen LogP contribution in [0.1, 0.15) is 19.8 Å². The average molecular weight is 160 g/mol. The van der Waals surface area contributed by atoms with Crippen LogP contribution in [0.4, 0.5) is 0 Å². The highest BCUT2D eigenvalue weighted by Crippen LogP contribution is 2.29. The third-order valence-corrected chi connectivity index (χ3v) is 2.10. The summed E-state index contributed by atoms with van der Waals surface area (Å²) in [7, 11) is 0. The van der Waals surface area contributed by atoms with Crippen LogP contribution in [-0.4, -0.2) is 34.5 Å². The maximum absolute atomic E-state index is 10.7. The molecule has 0 aromatic carbocycles. The molecule has 0 saturated carbocycles. The molecule has 4 heteroatoms. The number of cyclic esters (lactones) is 1. The minimum absolute atomic E-state index is 0.00523. The SMILES string of the molecule is CCC1(O)CC(=O)O[C@@H]1CO. The van der Waals surface area contributed by atoms with Gasteiger partial charge in [0, 0.05) is 0 Å². The predicted molar refractivity (Wildman–Crippen MR) is 36.8 cm³/mol. The number of aliphatic hydroxyl groups excluding tert-OH is 1. The van der Waals surface area contributed by atoms with Crippen molar-refractivity contribution in [2.75, 3.05) is 6.61 Å². The molecule has 1 aliphatic rings. The van der Waals surface area contributed by atoms with Gasteiger partial charge in [0.05, 0.1) is 13.0 Å². The molecule has 4 nitrogen and oxygen atoms in total. The second kappa shape index (κ2) is 2.79. The molecule has 1 unspecified atom stereocenters. The van der Waals surface area contributed by atoms with E-state index in [1.54, 1.807) is 6.92 Å². The van der Waals surface area contributed by atoms with Crippen molar-refractivity contribution >= 4 is 5.97 Å². The van der Waals surface area contributed by atoms with Crippen LogP contribution in [0, 0.1) is 0 Å². The van der Waals surface area contributed by atoms with Gasteiger partial charge in [-0.05, 0) is 6.42 Å². The number of hydrogen-bond donors (Lipinski definition) is 2. The molecule has 0 bridgehead atoms. The van der Waals surface area contributed by atoms with Crippen molar-refractivity contribution < 1.29 is 19.7 Å². The van der Waals surface area contributed by atoms with Gasteiger partial charge in [0.15, 0.2) is 6.10 Å². The Hall–Kier alpha value is -0.610. The summed E-state index contributed by atoms with van der Waals surface area (Å²) in [5, 5.41) is 18.3. The molecule has 1 aliphatic heterocycles. The zero-order valence-corrected chi connectivity index (χ0v) is 6.41. The second-order valence-corrected chi connectivity index (χ2v) is 2.79. The highest BCUT2D eigenvalue weighted by Gasteiger charge is 2.45. The summed E-state index contributed by atoms with van der Waals surface area (Å²) in [5.41, 5.74) is -1.15. The van der Waals surface area contributed by atoms with Crippen molar-refractivity contribution in [2.45, 2.75) is 31.5 Å². The lowest BCUT2D eigenvalue weighted by atomic mass is 9.93. The summed E-state index contributed by atoms with van der Waals surface area (Å²) in [6.07, 6.45) is -0.321. The number of ether oxygens (including phenoxy) is 1. The monoisotopic (exact) mass is 160 g/mol. The zero-order chi connectivity index (χ0) is 8.48. The Morgan fingerprint density at radius 2 is 2.45 bits per heavy atom. The van der Waals surface area contributed by atoms with Crippen molar-refractivity contribution in [1.82, 2.24) is 0 Å². The number of rotatable bonds is 2. The van der Waals surface area contributed by atoms with Gasteiger partial charge in [0.25, 0.3) is 0 Å².